The first-order chi connectivity index (χ1) is 14.1. The second kappa shape index (κ2) is 8.36. The second-order valence-electron chi connectivity index (χ2n) is 6.67. The van der Waals surface area contributed by atoms with Crippen LogP contribution >= 0.6 is 11.8 Å². The lowest BCUT2D eigenvalue weighted by Gasteiger charge is -2.10. The van der Waals surface area contributed by atoms with E-state index in [1.54, 1.807) is 28.7 Å². The predicted octanol–water partition coefficient (Wildman–Crippen LogP) is 4.61. The van der Waals surface area contributed by atoms with Crippen LogP contribution in [-0.4, -0.2) is 25.5 Å². The van der Waals surface area contributed by atoms with Crippen molar-refractivity contribution in [2.45, 2.75) is 30.3 Å². The average molecular weight is 404 g/mol. The Bertz CT molecular complexity index is 1130. The van der Waals surface area contributed by atoms with Gasteiger partial charge in [-0.05, 0) is 50.2 Å². The van der Waals surface area contributed by atoms with Gasteiger partial charge in [-0.25, -0.2) is 4.68 Å². The van der Waals surface area contributed by atoms with Crippen molar-refractivity contribution in [3.8, 4) is 0 Å². The van der Waals surface area contributed by atoms with E-state index in [1.165, 1.54) is 0 Å². The third kappa shape index (κ3) is 4.57. The summed E-state index contributed by atoms with van der Waals surface area (Å²) in [7, 11) is 0. The van der Waals surface area contributed by atoms with Crippen LogP contribution in [0.1, 0.15) is 21.9 Å². The Hall–Kier alpha value is -3.32. The summed E-state index contributed by atoms with van der Waals surface area (Å²) in [6.07, 6.45) is 1.79. The Kier molecular flexibility index (Phi) is 5.48. The fraction of sp³-hybridized carbons (Fsp3) is 0.136. The molecule has 29 heavy (non-hydrogen) atoms. The smallest absolute Gasteiger partial charge is 0.276 e. The molecule has 0 unspecified atom stereocenters. The van der Waals surface area contributed by atoms with E-state index < -0.39 is 0 Å². The van der Waals surface area contributed by atoms with E-state index in [-0.39, 0.29) is 5.91 Å². The van der Waals surface area contributed by atoms with Crippen LogP contribution in [0.15, 0.2) is 82.7 Å². The number of nitrogens with one attached hydrogen (secondary N) is 1. The minimum absolute atomic E-state index is 0.238. The van der Waals surface area contributed by atoms with Crippen LogP contribution in [0.4, 0.5) is 5.69 Å². The Labute approximate surface area is 173 Å². The van der Waals surface area contributed by atoms with Crippen LogP contribution in [0.5, 0.6) is 0 Å². The Morgan fingerprint density at radius 3 is 2.52 bits per heavy atom. The molecule has 0 bridgehead atoms. The molecule has 0 atom stereocenters. The highest BCUT2D eigenvalue weighted by Crippen LogP contribution is 2.33. The molecule has 7 heteroatoms. The number of amides is 1. The molecule has 0 saturated heterocycles. The normalized spacial score (nSPS) is 10.8. The molecule has 4 rings (SSSR count). The lowest BCUT2D eigenvalue weighted by Crippen LogP contribution is -2.16. The van der Waals surface area contributed by atoms with E-state index in [9.17, 15) is 4.79 Å². The lowest BCUT2D eigenvalue weighted by molar-refractivity contribution is 0.102. The third-order valence-electron chi connectivity index (χ3n) is 4.36. The molecule has 0 aliphatic heterocycles. The number of para-hydroxylation sites is 1. The largest absolute Gasteiger partial charge is 0.320 e. The molecule has 1 N–H and O–H groups in total. The van der Waals surface area contributed by atoms with Crippen LogP contribution in [0.3, 0.4) is 0 Å². The molecular formula is C22H21N5OS. The number of hydrogen-bond donors (Lipinski definition) is 1. The number of rotatable bonds is 6. The standard InChI is InChI=1S/C22H21N5OS/c1-16-14-17(2)27(24-16)15-26-13-12-20(25-26)22(28)23-19-10-6-7-11-21(19)29-18-8-4-3-5-9-18/h3-14H,15H2,1-2H3,(H,23,28). The molecule has 0 fully saturated rings. The van der Waals surface area contributed by atoms with Crippen molar-refractivity contribution in [3.63, 3.8) is 0 Å². The molecule has 0 saturated carbocycles. The van der Waals surface area contributed by atoms with Gasteiger partial charge in [0.1, 0.15) is 6.67 Å². The van der Waals surface area contributed by atoms with Gasteiger partial charge in [0.25, 0.3) is 5.91 Å². The maximum atomic E-state index is 12.7. The Balaban J connectivity index is 1.48. The van der Waals surface area contributed by atoms with Gasteiger partial charge in [-0.2, -0.15) is 10.2 Å². The van der Waals surface area contributed by atoms with Gasteiger partial charge in [-0.15, -0.1) is 0 Å². The molecule has 2 heterocycles. The molecule has 146 valence electrons. The van der Waals surface area contributed by atoms with Gasteiger partial charge in [0.2, 0.25) is 0 Å². The van der Waals surface area contributed by atoms with Crippen molar-refractivity contribution in [2.24, 2.45) is 0 Å². The summed E-state index contributed by atoms with van der Waals surface area (Å²) in [6, 6.07) is 21.6. The van der Waals surface area contributed by atoms with Gasteiger partial charge >= 0.3 is 0 Å². The van der Waals surface area contributed by atoms with Crippen LogP contribution in [-0.2, 0) is 6.67 Å². The van der Waals surface area contributed by atoms with Crippen molar-refractivity contribution in [1.82, 2.24) is 19.6 Å². The zero-order chi connectivity index (χ0) is 20.2. The van der Waals surface area contributed by atoms with Crippen molar-refractivity contribution < 1.29 is 4.79 Å². The average Bonchev–Trinajstić information content (AvgIpc) is 3.30. The SMILES string of the molecule is Cc1cc(C)n(Cn2ccc(C(=O)Nc3ccccc3Sc3ccccc3)n2)n1. The molecule has 0 spiro atoms. The zero-order valence-electron chi connectivity index (χ0n) is 16.2. The minimum Gasteiger partial charge on any atom is -0.320 e. The molecule has 2 aromatic heterocycles. The van der Waals surface area contributed by atoms with Gasteiger partial charge in [0, 0.05) is 21.7 Å². The monoisotopic (exact) mass is 403 g/mol. The van der Waals surface area contributed by atoms with E-state index in [1.807, 2.05) is 79.2 Å². The summed E-state index contributed by atoms with van der Waals surface area (Å²) in [5.74, 6) is -0.238. The van der Waals surface area contributed by atoms with Crippen molar-refractivity contribution in [3.05, 3.63) is 90.0 Å². The fourth-order valence-corrected chi connectivity index (χ4v) is 3.90. The van der Waals surface area contributed by atoms with E-state index in [2.05, 4.69) is 15.5 Å². The number of hydrogen-bond acceptors (Lipinski definition) is 4. The number of carbonyl (C=O) groups is 1. The molecule has 0 aliphatic carbocycles. The molecule has 6 nitrogen and oxygen atoms in total. The summed E-state index contributed by atoms with van der Waals surface area (Å²) >= 11 is 1.61. The van der Waals surface area contributed by atoms with Crippen molar-refractivity contribution >= 4 is 23.4 Å². The van der Waals surface area contributed by atoms with Crippen LogP contribution in [0, 0.1) is 13.8 Å². The summed E-state index contributed by atoms with van der Waals surface area (Å²) in [4.78, 5) is 14.8. The van der Waals surface area contributed by atoms with Crippen LogP contribution < -0.4 is 5.32 Å². The van der Waals surface area contributed by atoms with Gasteiger partial charge in [-0.3, -0.25) is 9.48 Å². The van der Waals surface area contributed by atoms with Crippen LogP contribution in [0.25, 0.3) is 0 Å². The lowest BCUT2D eigenvalue weighted by atomic mass is 10.3. The maximum absolute atomic E-state index is 12.7. The van der Waals surface area contributed by atoms with E-state index in [0.29, 0.717) is 12.4 Å². The van der Waals surface area contributed by atoms with Crippen molar-refractivity contribution in [2.75, 3.05) is 5.32 Å². The molecule has 0 aliphatic rings. The predicted molar refractivity (Wildman–Crippen MR) is 114 cm³/mol. The third-order valence-corrected chi connectivity index (χ3v) is 5.45. The van der Waals surface area contributed by atoms with Gasteiger partial charge in [0.05, 0.1) is 11.4 Å². The highest BCUT2D eigenvalue weighted by atomic mass is 32.2. The summed E-state index contributed by atoms with van der Waals surface area (Å²) in [5.41, 5.74) is 3.14. The number of aryl methyl sites for hydroxylation is 2. The summed E-state index contributed by atoms with van der Waals surface area (Å²) in [5, 5.41) is 11.8. The molecule has 2 aromatic carbocycles. The molecular weight excluding hydrogens is 382 g/mol. The first kappa shape index (κ1) is 19.0. The number of nitrogens with zero attached hydrogens (tertiary/aromatic N) is 4. The topological polar surface area (TPSA) is 64.7 Å². The Morgan fingerprint density at radius 1 is 1.00 bits per heavy atom. The van der Waals surface area contributed by atoms with Gasteiger partial charge in [0.15, 0.2) is 5.69 Å². The first-order valence-electron chi connectivity index (χ1n) is 9.26. The van der Waals surface area contributed by atoms with E-state index >= 15 is 0 Å². The van der Waals surface area contributed by atoms with Gasteiger partial charge in [-0.1, -0.05) is 42.1 Å². The van der Waals surface area contributed by atoms with E-state index in [0.717, 1.165) is 26.9 Å². The molecule has 1 amide bonds. The summed E-state index contributed by atoms with van der Waals surface area (Å²) in [6.45, 7) is 4.42. The van der Waals surface area contributed by atoms with Crippen molar-refractivity contribution in [1.29, 1.82) is 0 Å². The Morgan fingerprint density at radius 2 is 1.76 bits per heavy atom. The zero-order valence-corrected chi connectivity index (χ0v) is 17.1. The van der Waals surface area contributed by atoms with Gasteiger partial charge < -0.3 is 5.32 Å². The number of benzene rings is 2. The minimum atomic E-state index is -0.238. The van der Waals surface area contributed by atoms with E-state index in [4.69, 9.17) is 0 Å². The fourth-order valence-electron chi connectivity index (χ4n) is 2.98. The highest BCUT2D eigenvalue weighted by molar-refractivity contribution is 7.99. The first-order valence-corrected chi connectivity index (χ1v) is 10.1. The maximum Gasteiger partial charge on any atom is 0.276 e. The molecule has 0 radical (unpaired) electrons. The number of carbonyl (C=O) groups excluding carboxylic acids is 1. The number of aromatic nitrogens is 4. The molecule has 4 aromatic rings. The summed E-state index contributed by atoms with van der Waals surface area (Å²) < 4.78 is 3.56. The second-order valence-corrected chi connectivity index (χ2v) is 7.79. The quantitative estimate of drug-likeness (QED) is 0.511. The number of anilines is 1. The van der Waals surface area contributed by atoms with Crippen LogP contribution in [0.2, 0.25) is 0 Å². The highest BCUT2D eigenvalue weighted by Gasteiger charge is 2.13.